The SMILES string of the molecule is CN(C)C(N)=NN=Cc1c2ccccc2c(C=NN=C(N)N(C)C)c2cc(Cl)ccc12.I.I. The molecule has 3 aromatic rings. The van der Waals surface area contributed by atoms with Crippen LogP contribution < -0.4 is 11.5 Å². The van der Waals surface area contributed by atoms with Gasteiger partial charge < -0.3 is 21.3 Å². The summed E-state index contributed by atoms with van der Waals surface area (Å²) in [7, 11) is 7.22. The molecule has 0 aliphatic carbocycles. The van der Waals surface area contributed by atoms with Crippen LogP contribution >= 0.6 is 59.6 Å². The maximum absolute atomic E-state index is 6.32. The normalized spacial score (nSPS) is 12.3. The topological polar surface area (TPSA) is 108 Å². The quantitative estimate of drug-likeness (QED) is 0.140. The highest BCUT2D eigenvalue weighted by Gasteiger charge is 2.12. The molecule has 3 rings (SSSR count). The summed E-state index contributed by atoms with van der Waals surface area (Å²) in [4.78, 5) is 3.37. The Balaban J connectivity index is 0.00000272. The van der Waals surface area contributed by atoms with Gasteiger partial charge in [-0.3, -0.25) is 0 Å². The molecule has 3 aromatic carbocycles. The minimum atomic E-state index is 0. The lowest BCUT2D eigenvalue weighted by molar-refractivity contribution is 0.611. The molecular formula is C22H27ClI2N8. The molecule has 0 aromatic heterocycles. The minimum Gasteiger partial charge on any atom is -0.368 e. The first-order valence-corrected chi connectivity index (χ1v) is 9.89. The van der Waals surface area contributed by atoms with Crippen LogP contribution in [0.25, 0.3) is 21.5 Å². The Bertz CT molecular complexity index is 1240. The van der Waals surface area contributed by atoms with E-state index in [0.29, 0.717) is 16.9 Å². The van der Waals surface area contributed by atoms with Gasteiger partial charge >= 0.3 is 0 Å². The van der Waals surface area contributed by atoms with Crippen molar-refractivity contribution in [1.82, 2.24) is 9.80 Å². The second-order valence-corrected chi connectivity index (χ2v) is 7.69. The van der Waals surface area contributed by atoms with Crippen LogP contribution in [0.3, 0.4) is 0 Å². The summed E-state index contributed by atoms with van der Waals surface area (Å²) in [6.45, 7) is 0. The highest BCUT2D eigenvalue weighted by Crippen LogP contribution is 2.33. The number of nitrogens with zero attached hydrogens (tertiary/aromatic N) is 6. The zero-order chi connectivity index (χ0) is 22.5. The Hall–Kier alpha value is -2.19. The van der Waals surface area contributed by atoms with Gasteiger partial charge in [0.05, 0.1) is 12.4 Å². The lowest BCUT2D eigenvalue weighted by Crippen LogP contribution is -2.29. The van der Waals surface area contributed by atoms with Crippen molar-refractivity contribution in [3.05, 3.63) is 58.6 Å². The summed E-state index contributed by atoms with van der Waals surface area (Å²) in [6.07, 6.45) is 3.40. The number of nitrogens with two attached hydrogens (primary N) is 2. The lowest BCUT2D eigenvalue weighted by atomic mass is 9.92. The summed E-state index contributed by atoms with van der Waals surface area (Å²) < 4.78 is 0. The number of hydrogen-bond acceptors (Lipinski definition) is 4. The van der Waals surface area contributed by atoms with Crippen molar-refractivity contribution in [1.29, 1.82) is 0 Å². The Labute approximate surface area is 232 Å². The number of hydrogen-bond donors (Lipinski definition) is 2. The molecule has 0 saturated heterocycles. The molecule has 8 nitrogen and oxygen atoms in total. The van der Waals surface area contributed by atoms with Crippen LogP contribution in [0.15, 0.2) is 62.9 Å². The predicted octanol–water partition coefficient (Wildman–Crippen LogP) is 4.30. The molecule has 0 saturated carbocycles. The van der Waals surface area contributed by atoms with Crippen molar-refractivity contribution in [2.75, 3.05) is 28.2 Å². The summed E-state index contributed by atoms with van der Waals surface area (Å²) in [5.74, 6) is 0.621. The maximum Gasteiger partial charge on any atom is 0.215 e. The number of benzene rings is 3. The van der Waals surface area contributed by atoms with E-state index in [4.69, 9.17) is 23.1 Å². The first kappa shape index (κ1) is 28.8. The molecule has 0 aliphatic heterocycles. The van der Waals surface area contributed by atoms with Gasteiger partial charge in [-0.15, -0.1) is 58.2 Å². The molecule has 0 unspecified atom stereocenters. The third kappa shape index (κ3) is 6.90. The lowest BCUT2D eigenvalue weighted by Gasteiger charge is -2.12. The van der Waals surface area contributed by atoms with E-state index >= 15 is 0 Å². The van der Waals surface area contributed by atoms with Crippen LogP contribution in [-0.2, 0) is 0 Å². The van der Waals surface area contributed by atoms with Crippen molar-refractivity contribution < 1.29 is 0 Å². The molecule has 0 fully saturated rings. The van der Waals surface area contributed by atoms with Crippen molar-refractivity contribution in [2.24, 2.45) is 31.9 Å². The van der Waals surface area contributed by atoms with E-state index < -0.39 is 0 Å². The Morgan fingerprint density at radius 2 is 1.15 bits per heavy atom. The van der Waals surface area contributed by atoms with Crippen molar-refractivity contribution in [2.45, 2.75) is 0 Å². The summed E-state index contributed by atoms with van der Waals surface area (Å²) >= 11 is 6.32. The van der Waals surface area contributed by atoms with E-state index in [1.165, 1.54) is 0 Å². The van der Waals surface area contributed by atoms with Crippen LogP contribution in [0.4, 0.5) is 0 Å². The van der Waals surface area contributed by atoms with E-state index in [0.717, 1.165) is 32.7 Å². The second kappa shape index (κ2) is 12.9. The first-order chi connectivity index (χ1) is 14.8. The Kier molecular flexibility index (Phi) is 11.3. The van der Waals surface area contributed by atoms with Gasteiger partial charge in [0.1, 0.15) is 0 Å². The van der Waals surface area contributed by atoms with Gasteiger partial charge in [0.25, 0.3) is 0 Å². The summed E-state index contributed by atoms with van der Waals surface area (Å²) in [5.41, 5.74) is 13.5. The Morgan fingerprint density at radius 1 is 0.727 bits per heavy atom. The molecular weight excluding hydrogens is 666 g/mol. The molecule has 0 bridgehead atoms. The smallest absolute Gasteiger partial charge is 0.215 e. The number of halogens is 3. The molecule has 0 atom stereocenters. The van der Waals surface area contributed by atoms with E-state index in [1.807, 2.05) is 42.5 Å². The van der Waals surface area contributed by atoms with Gasteiger partial charge in [-0.1, -0.05) is 41.9 Å². The summed E-state index contributed by atoms with van der Waals surface area (Å²) in [6, 6.07) is 13.7. The fourth-order valence-corrected chi connectivity index (χ4v) is 3.14. The fraction of sp³-hybridized carbons (Fsp3) is 0.182. The first-order valence-electron chi connectivity index (χ1n) is 9.51. The standard InChI is InChI=1S/C22H25ClN8.2HI/c1-30(2)21(24)28-26-12-19-15-7-5-6-8-16(15)20(13-27-29-22(25)31(3)4)18-11-14(23)9-10-17(18)19;;/h5-13H,1-4H3,(H2,24,28)(H2,25,29);2*1H. The van der Waals surface area contributed by atoms with E-state index in [-0.39, 0.29) is 48.0 Å². The minimum absolute atomic E-state index is 0. The fourth-order valence-electron chi connectivity index (χ4n) is 2.97. The maximum atomic E-state index is 6.32. The molecule has 0 aliphatic rings. The summed E-state index contributed by atoms with van der Waals surface area (Å²) in [5, 5.41) is 21.0. The van der Waals surface area contributed by atoms with Gasteiger partial charge in [-0.25, -0.2) is 0 Å². The van der Waals surface area contributed by atoms with Gasteiger partial charge in [0.15, 0.2) is 0 Å². The largest absolute Gasteiger partial charge is 0.368 e. The number of guanidine groups is 2. The third-order valence-corrected chi connectivity index (χ3v) is 4.91. The van der Waals surface area contributed by atoms with Crippen molar-refractivity contribution >= 4 is 105 Å². The molecule has 0 amide bonds. The molecule has 4 N–H and O–H groups in total. The van der Waals surface area contributed by atoms with E-state index in [2.05, 4.69) is 20.4 Å². The number of fused-ring (bicyclic) bond motifs is 2. The average molecular weight is 693 g/mol. The Morgan fingerprint density at radius 3 is 1.61 bits per heavy atom. The zero-order valence-electron chi connectivity index (χ0n) is 18.7. The van der Waals surface area contributed by atoms with Gasteiger partial charge in [0.2, 0.25) is 11.9 Å². The molecule has 33 heavy (non-hydrogen) atoms. The molecule has 11 heteroatoms. The highest BCUT2D eigenvalue weighted by molar-refractivity contribution is 14.0. The van der Waals surface area contributed by atoms with Crippen LogP contribution in [-0.4, -0.2) is 62.3 Å². The second-order valence-electron chi connectivity index (χ2n) is 7.26. The van der Waals surface area contributed by atoms with E-state index in [9.17, 15) is 0 Å². The highest BCUT2D eigenvalue weighted by atomic mass is 127. The van der Waals surface area contributed by atoms with Crippen LogP contribution in [0.5, 0.6) is 0 Å². The van der Waals surface area contributed by atoms with Crippen molar-refractivity contribution in [3.63, 3.8) is 0 Å². The van der Waals surface area contributed by atoms with Crippen LogP contribution in [0.1, 0.15) is 11.1 Å². The van der Waals surface area contributed by atoms with Gasteiger partial charge in [-0.05, 0) is 33.7 Å². The average Bonchev–Trinajstić information content (AvgIpc) is 2.74. The molecule has 0 radical (unpaired) electrons. The zero-order valence-corrected chi connectivity index (χ0v) is 24.1. The third-order valence-electron chi connectivity index (χ3n) is 4.68. The number of rotatable bonds is 4. The van der Waals surface area contributed by atoms with Gasteiger partial charge in [0, 0.05) is 44.3 Å². The predicted molar refractivity (Wildman–Crippen MR) is 163 cm³/mol. The van der Waals surface area contributed by atoms with Crippen molar-refractivity contribution in [3.8, 4) is 0 Å². The van der Waals surface area contributed by atoms with E-state index in [1.54, 1.807) is 50.4 Å². The van der Waals surface area contributed by atoms with Crippen LogP contribution in [0.2, 0.25) is 5.02 Å². The molecule has 0 spiro atoms. The van der Waals surface area contributed by atoms with Gasteiger partial charge in [-0.2, -0.15) is 10.2 Å². The van der Waals surface area contributed by atoms with Crippen LogP contribution in [0, 0.1) is 0 Å². The molecule has 0 heterocycles. The monoisotopic (exact) mass is 692 g/mol. The molecule has 176 valence electrons.